The topological polar surface area (TPSA) is 3.24 Å². The van der Waals surface area contributed by atoms with Gasteiger partial charge in [-0.1, -0.05) is 27.7 Å². The van der Waals surface area contributed by atoms with E-state index in [-0.39, 0.29) is 0 Å². The van der Waals surface area contributed by atoms with Crippen molar-refractivity contribution in [3.05, 3.63) is 0 Å². The summed E-state index contributed by atoms with van der Waals surface area (Å²) in [5.74, 6) is 0. The van der Waals surface area contributed by atoms with Crippen LogP contribution < -0.4 is 0 Å². The quantitative estimate of drug-likeness (QED) is 0.558. The Balaban J connectivity index is 4.07. The van der Waals surface area contributed by atoms with Crippen LogP contribution in [0.1, 0.15) is 27.7 Å². The van der Waals surface area contributed by atoms with E-state index in [1.807, 2.05) is 0 Å². The first-order valence-corrected chi connectivity index (χ1v) is 5.97. The van der Waals surface area contributed by atoms with Crippen LogP contribution in [0.5, 0.6) is 0 Å². The van der Waals surface area contributed by atoms with Crippen LogP contribution in [0, 0.1) is 0 Å². The zero-order valence-electron chi connectivity index (χ0n) is 8.23. The Kier molecular flexibility index (Phi) is 3.60. The van der Waals surface area contributed by atoms with E-state index in [0.29, 0.717) is 5.04 Å². The van der Waals surface area contributed by atoms with E-state index in [1.165, 1.54) is 6.04 Å². The molecule has 1 atom stereocenters. The van der Waals surface area contributed by atoms with Gasteiger partial charge in [0.05, 0.1) is 0 Å². The molecule has 0 heterocycles. The molecule has 0 aromatic carbocycles. The summed E-state index contributed by atoms with van der Waals surface area (Å²) in [6, 6.07) is 1.37. The normalized spacial score (nSPS) is 15.9. The second kappa shape index (κ2) is 3.53. The van der Waals surface area contributed by atoms with Crippen LogP contribution in [0.15, 0.2) is 0 Å². The summed E-state index contributed by atoms with van der Waals surface area (Å²) in [6.45, 7) is 9.37. The van der Waals surface area contributed by atoms with Gasteiger partial charge in [-0.05, 0) is 25.2 Å². The Morgan fingerprint density at radius 3 is 1.60 bits per heavy atom. The molecular weight excluding hydrogens is 138 g/mol. The Bertz CT molecular complexity index is 93.9. The number of nitrogens with zero attached hydrogens (tertiary/aromatic N) is 1. The van der Waals surface area contributed by atoms with E-state index in [4.69, 9.17) is 0 Å². The highest BCUT2D eigenvalue weighted by atomic mass is 28.3. The molecule has 0 aromatic heterocycles. The molecule has 0 radical (unpaired) electrons. The molecule has 0 N–H and O–H groups in total. The van der Waals surface area contributed by atoms with Crippen molar-refractivity contribution < 1.29 is 0 Å². The van der Waals surface area contributed by atoms with Gasteiger partial charge >= 0.3 is 0 Å². The molecule has 0 rings (SSSR count). The van der Waals surface area contributed by atoms with Crippen molar-refractivity contribution >= 4 is 8.96 Å². The largest absolute Gasteiger partial charge is 0.331 e. The van der Waals surface area contributed by atoms with Crippen LogP contribution in [0.2, 0.25) is 11.1 Å². The van der Waals surface area contributed by atoms with Gasteiger partial charge in [0.25, 0.3) is 0 Å². The summed E-state index contributed by atoms with van der Waals surface area (Å²) < 4.78 is 2.44. The number of hydrogen-bond donors (Lipinski definition) is 0. The predicted molar refractivity (Wildman–Crippen MR) is 51.0 cm³/mol. The van der Waals surface area contributed by atoms with Crippen molar-refractivity contribution in [1.82, 2.24) is 4.57 Å². The van der Waals surface area contributed by atoms with Crippen LogP contribution in [-0.2, 0) is 0 Å². The molecular formula is C8H21NSi. The molecule has 0 saturated heterocycles. The highest BCUT2D eigenvalue weighted by Crippen LogP contribution is 2.29. The fraction of sp³-hybridized carbons (Fsp3) is 1.00. The van der Waals surface area contributed by atoms with E-state index in [9.17, 15) is 0 Å². The Hall–Kier alpha value is 0.177. The number of rotatable bonds is 2. The van der Waals surface area contributed by atoms with E-state index in [2.05, 4.69) is 46.4 Å². The van der Waals surface area contributed by atoms with Crippen molar-refractivity contribution in [2.24, 2.45) is 0 Å². The average Bonchev–Trinajstić information content (AvgIpc) is 1.60. The lowest BCUT2D eigenvalue weighted by molar-refractivity contribution is 0.570. The summed E-state index contributed by atoms with van der Waals surface area (Å²) in [7, 11) is 3.79. The first-order chi connectivity index (χ1) is 4.39. The second-order valence-corrected chi connectivity index (χ2v) is 8.87. The van der Waals surface area contributed by atoms with Gasteiger partial charge in [-0.25, -0.2) is 0 Å². The average molecular weight is 159 g/mol. The smallest absolute Gasteiger partial charge is 0.116 e. The van der Waals surface area contributed by atoms with Crippen molar-refractivity contribution in [2.75, 3.05) is 14.1 Å². The van der Waals surface area contributed by atoms with Crippen LogP contribution in [0.25, 0.3) is 0 Å². The maximum absolute atomic E-state index is 2.44. The fourth-order valence-corrected chi connectivity index (χ4v) is 5.26. The van der Waals surface area contributed by atoms with Crippen LogP contribution in [0.4, 0.5) is 0 Å². The minimum Gasteiger partial charge on any atom is -0.331 e. The van der Waals surface area contributed by atoms with Gasteiger partial charge in [-0.15, -0.1) is 0 Å². The third-order valence-electron chi connectivity index (χ3n) is 2.01. The molecule has 2 heteroatoms. The van der Waals surface area contributed by atoms with Gasteiger partial charge in [0.1, 0.15) is 8.96 Å². The highest BCUT2D eigenvalue weighted by Gasteiger charge is 2.26. The SMILES string of the molecule is CC[SiH](N(C)C)C(C)(C)C. The van der Waals surface area contributed by atoms with Crippen LogP contribution in [-0.4, -0.2) is 27.6 Å². The van der Waals surface area contributed by atoms with Gasteiger partial charge < -0.3 is 4.57 Å². The lowest BCUT2D eigenvalue weighted by atomic mass is 10.2. The molecule has 0 aromatic rings. The molecule has 0 saturated carbocycles. The third kappa shape index (κ3) is 2.84. The molecule has 1 nitrogen and oxygen atoms in total. The van der Waals surface area contributed by atoms with E-state index >= 15 is 0 Å². The first-order valence-electron chi connectivity index (χ1n) is 4.06. The maximum atomic E-state index is 2.44. The second-order valence-electron chi connectivity index (χ2n) is 4.25. The van der Waals surface area contributed by atoms with Crippen molar-refractivity contribution in [3.63, 3.8) is 0 Å². The molecule has 0 fully saturated rings. The Labute approximate surface area is 67.1 Å². The molecule has 0 aliphatic heterocycles. The lowest BCUT2D eigenvalue weighted by Crippen LogP contribution is -2.39. The van der Waals surface area contributed by atoms with Crippen molar-refractivity contribution in [1.29, 1.82) is 0 Å². The Morgan fingerprint density at radius 1 is 1.20 bits per heavy atom. The van der Waals surface area contributed by atoms with Gasteiger partial charge in [-0.2, -0.15) is 0 Å². The van der Waals surface area contributed by atoms with Crippen LogP contribution in [0.3, 0.4) is 0 Å². The number of hydrogen-bond acceptors (Lipinski definition) is 1. The molecule has 62 valence electrons. The van der Waals surface area contributed by atoms with Gasteiger partial charge in [-0.3, -0.25) is 0 Å². The molecule has 0 aliphatic rings. The summed E-state index contributed by atoms with van der Waals surface area (Å²) in [4.78, 5) is 0. The monoisotopic (exact) mass is 159 g/mol. The maximum Gasteiger partial charge on any atom is 0.116 e. The lowest BCUT2D eigenvalue weighted by Gasteiger charge is -2.33. The minimum absolute atomic E-state index is 0.554. The van der Waals surface area contributed by atoms with Gasteiger partial charge in [0.2, 0.25) is 0 Å². The van der Waals surface area contributed by atoms with Gasteiger partial charge in [0.15, 0.2) is 0 Å². The fourth-order valence-electron chi connectivity index (χ4n) is 1.75. The molecule has 0 amide bonds. The molecule has 1 unspecified atom stereocenters. The predicted octanol–water partition coefficient (Wildman–Crippen LogP) is 2.09. The van der Waals surface area contributed by atoms with Crippen LogP contribution >= 0.6 is 0 Å². The van der Waals surface area contributed by atoms with Gasteiger partial charge in [0, 0.05) is 0 Å². The van der Waals surface area contributed by atoms with E-state index < -0.39 is 8.96 Å². The molecule has 0 bridgehead atoms. The minimum atomic E-state index is -0.641. The summed E-state index contributed by atoms with van der Waals surface area (Å²) >= 11 is 0. The molecule has 0 spiro atoms. The van der Waals surface area contributed by atoms with E-state index in [1.54, 1.807) is 0 Å². The summed E-state index contributed by atoms with van der Waals surface area (Å²) in [5, 5.41) is 0.554. The summed E-state index contributed by atoms with van der Waals surface area (Å²) in [5.41, 5.74) is 0. The molecule has 10 heavy (non-hydrogen) atoms. The zero-order chi connectivity index (χ0) is 8.36. The molecule has 0 aliphatic carbocycles. The van der Waals surface area contributed by atoms with E-state index in [0.717, 1.165) is 0 Å². The third-order valence-corrected chi connectivity index (χ3v) is 6.03. The highest BCUT2D eigenvalue weighted by molar-refractivity contribution is 6.58. The van der Waals surface area contributed by atoms with Crippen molar-refractivity contribution in [2.45, 2.75) is 38.8 Å². The summed E-state index contributed by atoms with van der Waals surface area (Å²) in [6.07, 6.45) is 0. The standard InChI is InChI=1S/C8H21NSi/c1-7-10(9(5)6)8(2,3)4/h10H,7H2,1-6H3. The zero-order valence-corrected chi connectivity index (χ0v) is 9.39. The first kappa shape index (κ1) is 10.2. The Morgan fingerprint density at radius 2 is 1.60 bits per heavy atom. The van der Waals surface area contributed by atoms with Crippen molar-refractivity contribution in [3.8, 4) is 0 Å².